The van der Waals surface area contributed by atoms with Crippen LogP contribution in [0.5, 0.6) is 0 Å². The summed E-state index contributed by atoms with van der Waals surface area (Å²) in [6, 6.07) is 9.47. The van der Waals surface area contributed by atoms with Crippen molar-refractivity contribution in [1.29, 1.82) is 0 Å². The Morgan fingerprint density at radius 2 is 1.11 bits per heavy atom. The summed E-state index contributed by atoms with van der Waals surface area (Å²) in [4.78, 5) is 0. The van der Waals surface area contributed by atoms with E-state index in [1.54, 1.807) is 46.2 Å². The van der Waals surface area contributed by atoms with Gasteiger partial charge >= 0.3 is 0 Å². The highest BCUT2D eigenvalue weighted by molar-refractivity contribution is 8.00. The molecule has 0 atom stereocenters. The van der Waals surface area contributed by atoms with Crippen LogP contribution in [-0.2, 0) is 11.5 Å². The molecule has 10 heteroatoms. The molecule has 0 saturated carbocycles. The second kappa shape index (κ2) is 10.4. The first-order valence-corrected chi connectivity index (χ1v) is 12.6. The average Bonchev–Trinajstić information content (AvgIpc) is 3.27. The van der Waals surface area contributed by atoms with Crippen molar-refractivity contribution in [1.82, 2.24) is 20.4 Å². The summed E-state index contributed by atoms with van der Waals surface area (Å²) in [6.07, 6.45) is 0. The highest BCUT2D eigenvalue weighted by atomic mass is 32.2. The van der Waals surface area contributed by atoms with Crippen LogP contribution < -0.4 is 10.6 Å². The highest BCUT2D eigenvalue weighted by Gasteiger charge is 2.08. The molecule has 0 aliphatic heterocycles. The van der Waals surface area contributed by atoms with Gasteiger partial charge in [-0.3, -0.25) is 0 Å². The molecule has 150 valence electrons. The zero-order valence-corrected chi connectivity index (χ0v) is 19.6. The summed E-state index contributed by atoms with van der Waals surface area (Å²) in [5.74, 6) is 1.79. The number of hydrogen-bond donors (Lipinski definition) is 2. The molecule has 0 amide bonds. The molecule has 0 radical (unpaired) electrons. The summed E-state index contributed by atoms with van der Waals surface area (Å²) < 4.78 is 1.98. The lowest BCUT2D eigenvalue weighted by Gasteiger charge is -2.04. The van der Waals surface area contributed by atoms with E-state index in [-0.39, 0.29) is 0 Å². The Hall–Kier alpha value is -1.36. The fraction of sp³-hybridized carbons (Fsp3) is 0.444. The van der Waals surface area contributed by atoms with Crippen molar-refractivity contribution in [2.24, 2.45) is 0 Å². The number of thioether (sulfide) groups is 2. The predicted molar refractivity (Wildman–Crippen MR) is 123 cm³/mol. The maximum atomic E-state index is 4.23. The van der Waals surface area contributed by atoms with Crippen LogP contribution >= 0.6 is 46.2 Å². The number of aromatic nitrogens is 4. The van der Waals surface area contributed by atoms with Crippen LogP contribution in [0, 0.1) is 0 Å². The molecule has 0 unspecified atom stereocenters. The Morgan fingerprint density at radius 3 is 1.46 bits per heavy atom. The molecule has 0 spiro atoms. The standard InChI is InChI=1S/C18H24N6S4/c1-11(2)19-15-21-23-17(27-15)25-9-13-5-7-14(8-6-13)10-26-18-24-22-16(28-18)20-12(3)4/h5-8,11-12H,9-10H2,1-4H3,(H,19,21)(H,20,22). The second-order valence-corrected chi connectivity index (χ2v) is 11.1. The summed E-state index contributed by atoms with van der Waals surface area (Å²) >= 11 is 6.65. The van der Waals surface area contributed by atoms with E-state index in [9.17, 15) is 0 Å². The van der Waals surface area contributed by atoms with Gasteiger partial charge in [0, 0.05) is 23.6 Å². The molecule has 6 nitrogen and oxygen atoms in total. The van der Waals surface area contributed by atoms with Crippen molar-refractivity contribution in [2.75, 3.05) is 10.6 Å². The average molecular weight is 453 g/mol. The lowest BCUT2D eigenvalue weighted by atomic mass is 10.2. The molecule has 2 heterocycles. The first kappa shape index (κ1) is 21.4. The molecule has 3 aromatic rings. The molecule has 0 fully saturated rings. The van der Waals surface area contributed by atoms with Gasteiger partial charge in [-0.15, -0.1) is 20.4 Å². The van der Waals surface area contributed by atoms with Gasteiger partial charge < -0.3 is 10.6 Å². The molecule has 3 rings (SSSR count). The number of nitrogens with one attached hydrogen (secondary N) is 2. The Bertz CT molecular complexity index is 788. The van der Waals surface area contributed by atoms with E-state index in [1.165, 1.54) is 11.1 Å². The summed E-state index contributed by atoms with van der Waals surface area (Å²) in [6.45, 7) is 8.39. The summed E-state index contributed by atoms with van der Waals surface area (Å²) in [5, 5.41) is 25.1. The van der Waals surface area contributed by atoms with Crippen LogP contribution in [0.1, 0.15) is 38.8 Å². The van der Waals surface area contributed by atoms with Crippen LogP contribution in [0.15, 0.2) is 32.9 Å². The molecule has 1 aromatic carbocycles. The topological polar surface area (TPSA) is 75.6 Å². The van der Waals surface area contributed by atoms with Gasteiger partial charge in [0.2, 0.25) is 10.3 Å². The Labute approximate surface area is 182 Å². The van der Waals surface area contributed by atoms with Gasteiger partial charge in [0.15, 0.2) is 8.68 Å². The van der Waals surface area contributed by atoms with E-state index in [0.29, 0.717) is 12.1 Å². The third kappa shape index (κ3) is 6.91. The molecule has 2 N–H and O–H groups in total. The lowest BCUT2D eigenvalue weighted by Crippen LogP contribution is -2.08. The third-order valence-corrected chi connectivity index (χ3v) is 7.50. The minimum atomic E-state index is 0.370. The Balaban J connectivity index is 1.45. The van der Waals surface area contributed by atoms with Gasteiger partial charge in [-0.1, -0.05) is 70.5 Å². The van der Waals surface area contributed by atoms with E-state index in [4.69, 9.17) is 0 Å². The second-order valence-electron chi connectivity index (χ2n) is 6.74. The molecule has 0 saturated heterocycles. The molecule has 0 aliphatic carbocycles. The van der Waals surface area contributed by atoms with Gasteiger partial charge in [-0.2, -0.15) is 0 Å². The van der Waals surface area contributed by atoms with Crippen LogP contribution in [0.2, 0.25) is 0 Å². The predicted octanol–water partition coefficient (Wildman–Crippen LogP) is 5.61. The Kier molecular flexibility index (Phi) is 7.95. The molecule has 28 heavy (non-hydrogen) atoms. The summed E-state index contributed by atoms with van der Waals surface area (Å²) in [7, 11) is 0. The fourth-order valence-corrected chi connectivity index (χ4v) is 5.88. The molecular formula is C18H24N6S4. The summed E-state index contributed by atoms with van der Waals surface area (Å²) in [5.41, 5.74) is 2.57. The van der Waals surface area contributed by atoms with Crippen LogP contribution in [0.25, 0.3) is 0 Å². The van der Waals surface area contributed by atoms with Gasteiger partial charge in [-0.05, 0) is 38.8 Å². The van der Waals surface area contributed by atoms with Gasteiger partial charge in [0.1, 0.15) is 0 Å². The molecular weight excluding hydrogens is 429 g/mol. The van der Waals surface area contributed by atoms with E-state index < -0.39 is 0 Å². The number of hydrogen-bond acceptors (Lipinski definition) is 10. The monoisotopic (exact) mass is 452 g/mol. The van der Waals surface area contributed by atoms with Crippen molar-refractivity contribution >= 4 is 56.5 Å². The SMILES string of the molecule is CC(C)Nc1nnc(SCc2ccc(CSc3nnc(NC(C)C)s3)cc2)s1. The fourth-order valence-electron chi connectivity index (χ4n) is 2.17. The normalized spacial score (nSPS) is 11.4. The zero-order valence-electron chi connectivity index (χ0n) is 16.3. The van der Waals surface area contributed by atoms with E-state index >= 15 is 0 Å². The van der Waals surface area contributed by atoms with Crippen molar-refractivity contribution in [3.8, 4) is 0 Å². The molecule has 2 aromatic heterocycles. The van der Waals surface area contributed by atoms with Gasteiger partial charge in [-0.25, -0.2) is 0 Å². The minimum Gasteiger partial charge on any atom is -0.358 e. The largest absolute Gasteiger partial charge is 0.358 e. The van der Waals surface area contributed by atoms with Crippen LogP contribution in [0.4, 0.5) is 10.3 Å². The zero-order chi connectivity index (χ0) is 19.9. The Morgan fingerprint density at radius 1 is 0.714 bits per heavy atom. The van der Waals surface area contributed by atoms with E-state index in [2.05, 4.69) is 83.0 Å². The van der Waals surface area contributed by atoms with Crippen molar-refractivity contribution < 1.29 is 0 Å². The highest BCUT2D eigenvalue weighted by Crippen LogP contribution is 2.30. The smallest absolute Gasteiger partial charge is 0.206 e. The first-order valence-electron chi connectivity index (χ1n) is 9.01. The van der Waals surface area contributed by atoms with Crippen molar-refractivity contribution in [3.63, 3.8) is 0 Å². The minimum absolute atomic E-state index is 0.370. The van der Waals surface area contributed by atoms with Gasteiger partial charge in [0.05, 0.1) is 0 Å². The maximum Gasteiger partial charge on any atom is 0.206 e. The number of rotatable bonds is 10. The number of benzene rings is 1. The van der Waals surface area contributed by atoms with Crippen molar-refractivity contribution in [3.05, 3.63) is 35.4 Å². The van der Waals surface area contributed by atoms with Crippen LogP contribution in [-0.4, -0.2) is 32.5 Å². The number of anilines is 2. The van der Waals surface area contributed by atoms with Crippen LogP contribution in [0.3, 0.4) is 0 Å². The van der Waals surface area contributed by atoms with Crippen molar-refractivity contribution in [2.45, 2.75) is 60.0 Å². The first-order chi connectivity index (χ1) is 13.5. The van der Waals surface area contributed by atoms with E-state index in [0.717, 1.165) is 30.4 Å². The molecule has 0 bridgehead atoms. The number of nitrogens with zero attached hydrogens (tertiary/aromatic N) is 4. The molecule has 0 aliphatic rings. The van der Waals surface area contributed by atoms with E-state index in [1.807, 2.05) is 0 Å². The third-order valence-electron chi connectivity index (χ3n) is 3.38. The quantitative estimate of drug-likeness (QED) is 0.384. The van der Waals surface area contributed by atoms with Gasteiger partial charge in [0.25, 0.3) is 0 Å². The lowest BCUT2D eigenvalue weighted by molar-refractivity contribution is 0.883. The maximum absolute atomic E-state index is 4.23.